The molecule has 21 heavy (non-hydrogen) atoms. The first-order valence-electron chi connectivity index (χ1n) is 6.75. The Kier molecular flexibility index (Phi) is 4.23. The summed E-state index contributed by atoms with van der Waals surface area (Å²) >= 11 is 7.89. The van der Waals surface area contributed by atoms with Crippen molar-refractivity contribution in [3.63, 3.8) is 0 Å². The number of thiazole rings is 1. The molecule has 1 unspecified atom stereocenters. The van der Waals surface area contributed by atoms with Crippen LogP contribution < -0.4 is 5.32 Å². The third kappa shape index (κ3) is 3.26. The summed E-state index contributed by atoms with van der Waals surface area (Å²) < 4.78 is 0. The van der Waals surface area contributed by atoms with Gasteiger partial charge in [0.1, 0.15) is 5.01 Å². The third-order valence-corrected chi connectivity index (χ3v) is 4.46. The summed E-state index contributed by atoms with van der Waals surface area (Å²) in [6.45, 7) is 2.11. The van der Waals surface area contributed by atoms with E-state index in [9.17, 15) is 0 Å². The molecule has 0 bridgehead atoms. The van der Waals surface area contributed by atoms with Gasteiger partial charge in [-0.2, -0.15) is 0 Å². The number of anilines is 1. The van der Waals surface area contributed by atoms with Crippen LogP contribution in [0.15, 0.2) is 60.1 Å². The Balaban J connectivity index is 1.82. The third-order valence-electron chi connectivity index (χ3n) is 3.30. The summed E-state index contributed by atoms with van der Waals surface area (Å²) in [5, 5.41) is 7.30. The molecule has 3 rings (SSSR count). The molecule has 1 heterocycles. The van der Waals surface area contributed by atoms with Gasteiger partial charge in [0.05, 0.1) is 0 Å². The molecule has 0 fully saturated rings. The van der Waals surface area contributed by atoms with E-state index < -0.39 is 0 Å². The van der Waals surface area contributed by atoms with Gasteiger partial charge in [-0.15, -0.1) is 11.3 Å². The second-order valence-corrected chi connectivity index (χ2v) is 6.11. The van der Waals surface area contributed by atoms with Crippen molar-refractivity contribution in [2.45, 2.75) is 13.0 Å². The molecule has 0 saturated carbocycles. The summed E-state index contributed by atoms with van der Waals surface area (Å²) in [7, 11) is 0. The van der Waals surface area contributed by atoms with Crippen LogP contribution in [-0.2, 0) is 0 Å². The van der Waals surface area contributed by atoms with E-state index in [1.54, 1.807) is 11.3 Å². The minimum atomic E-state index is 0.144. The minimum absolute atomic E-state index is 0.144. The van der Waals surface area contributed by atoms with Crippen molar-refractivity contribution in [2.75, 3.05) is 5.32 Å². The molecule has 1 aromatic heterocycles. The number of hydrogen-bond donors (Lipinski definition) is 1. The first-order valence-corrected chi connectivity index (χ1v) is 8.00. The summed E-state index contributed by atoms with van der Waals surface area (Å²) in [5.74, 6) is 0. The Morgan fingerprint density at radius 3 is 2.76 bits per heavy atom. The van der Waals surface area contributed by atoms with E-state index in [-0.39, 0.29) is 6.04 Å². The summed E-state index contributed by atoms with van der Waals surface area (Å²) in [4.78, 5) is 4.35. The maximum absolute atomic E-state index is 6.25. The average Bonchev–Trinajstić information content (AvgIpc) is 3.02. The van der Waals surface area contributed by atoms with E-state index >= 15 is 0 Å². The van der Waals surface area contributed by atoms with Gasteiger partial charge in [-0.3, -0.25) is 0 Å². The second kappa shape index (κ2) is 6.29. The molecule has 2 nitrogen and oxygen atoms in total. The lowest BCUT2D eigenvalue weighted by atomic mass is 10.1. The van der Waals surface area contributed by atoms with Crippen molar-refractivity contribution in [1.82, 2.24) is 4.98 Å². The molecule has 0 aliphatic rings. The predicted molar refractivity (Wildman–Crippen MR) is 91.0 cm³/mol. The maximum Gasteiger partial charge on any atom is 0.123 e. The first kappa shape index (κ1) is 14.1. The van der Waals surface area contributed by atoms with Gasteiger partial charge >= 0.3 is 0 Å². The second-order valence-electron chi connectivity index (χ2n) is 4.81. The van der Waals surface area contributed by atoms with Crippen LogP contribution in [0.5, 0.6) is 0 Å². The fourth-order valence-electron chi connectivity index (χ4n) is 2.26. The van der Waals surface area contributed by atoms with Crippen LogP contribution in [0.4, 0.5) is 5.69 Å². The average molecular weight is 315 g/mol. The molecule has 3 aromatic rings. The molecule has 2 aromatic carbocycles. The number of aromatic nitrogens is 1. The molecule has 0 radical (unpaired) electrons. The van der Waals surface area contributed by atoms with Crippen LogP contribution in [0.3, 0.4) is 0 Å². The van der Waals surface area contributed by atoms with Crippen molar-refractivity contribution >= 4 is 28.6 Å². The normalized spacial score (nSPS) is 12.1. The van der Waals surface area contributed by atoms with E-state index in [1.807, 2.05) is 41.9 Å². The number of nitrogens with one attached hydrogen (secondary N) is 1. The highest BCUT2D eigenvalue weighted by Gasteiger charge is 2.09. The monoisotopic (exact) mass is 314 g/mol. The van der Waals surface area contributed by atoms with Crippen molar-refractivity contribution in [3.8, 4) is 10.6 Å². The molecule has 4 heteroatoms. The lowest BCUT2D eigenvalue weighted by molar-refractivity contribution is 0.885. The van der Waals surface area contributed by atoms with Crippen molar-refractivity contribution < 1.29 is 0 Å². The molecule has 0 aliphatic heterocycles. The number of nitrogens with zero attached hydrogens (tertiary/aromatic N) is 1. The van der Waals surface area contributed by atoms with E-state index in [0.717, 1.165) is 26.8 Å². The quantitative estimate of drug-likeness (QED) is 0.674. The Hall–Kier alpha value is -1.84. The largest absolute Gasteiger partial charge is 0.378 e. The van der Waals surface area contributed by atoms with Crippen LogP contribution in [0, 0.1) is 0 Å². The summed E-state index contributed by atoms with van der Waals surface area (Å²) in [6.07, 6.45) is 1.83. The highest BCUT2D eigenvalue weighted by Crippen LogP contribution is 2.28. The number of rotatable bonds is 4. The molecule has 0 amide bonds. The van der Waals surface area contributed by atoms with Gasteiger partial charge in [0.2, 0.25) is 0 Å². The van der Waals surface area contributed by atoms with Gasteiger partial charge < -0.3 is 5.32 Å². The maximum atomic E-state index is 6.25. The van der Waals surface area contributed by atoms with E-state index in [4.69, 9.17) is 11.6 Å². The van der Waals surface area contributed by atoms with Crippen LogP contribution in [0.1, 0.15) is 18.5 Å². The molecule has 1 atom stereocenters. The Morgan fingerprint density at radius 2 is 2.00 bits per heavy atom. The van der Waals surface area contributed by atoms with Crippen LogP contribution in [-0.4, -0.2) is 4.98 Å². The fourth-order valence-corrected chi connectivity index (χ4v) is 3.20. The smallest absolute Gasteiger partial charge is 0.123 e. The van der Waals surface area contributed by atoms with Crippen LogP contribution >= 0.6 is 22.9 Å². The standard InChI is InChI=1S/C17H15ClN2S/c1-12(15-7-2-3-8-16(15)18)20-14-6-4-5-13(11-14)17-19-9-10-21-17/h2-12,20H,1H3. The van der Waals surface area contributed by atoms with Gasteiger partial charge in [-0.25, -0.2) is 4.98 Å². The molecular weight excluding hydrogens is 300 g/mol. The van der Waals surface area contributed by atoms with Crippen LogP contribution in [0.2, 0.25) is 5.02 Å². The highest BCUT2D eigenvalue weighted by atomic mass is 35.5. The highest BCUT2D eigenvalue weighted by molar-refractivity contribution is 7.13. The van der Waals surface area contributed by atoms with Gasteiger partial charge in [-0.1, -0.05) is 41.9 Å². The van der Waals surface area contributed by atoms with Crippen molar-refractivity contribution in [3.05, 3.63) is 70.7 Å². The first-order chi connectivity index (χ1) is 10.2. The fraction of sp³-hybridized carbons (Fsp3) is 0.118. The summed E-state index contributed by atoms with van der Waals surface area (Å²) in [5.41, 5.74) is 3.29. The van der Waals surface area contributed by atoms with E-state index in [0.29, 0.717) is 0 Å². The van der Waals surface area contributed by atoms with Crippen molar-refractivity contribution in [2.24, 2.45) is 0 Å². The number of hydrogen-bond acceptors (Lipinski definition) is 3. The molecule has 0 saturated heterocycles. The van der Waals surface area contributed by atoms with E-state index in [1.165, 1.54) is 0 Å². The topological polar surface area (TPSA) is 24.9 Å². The zero-order chi connectivity index (χ0) is 14.7. The molecule has 106 valence electrons. The van der Waals surface area contributed by atoms with Gasteiger partial charge in [0.15, 0.2) is 0 Å². The lowest BCUT2D eigenvalue weighted by Gasteiger charge is -2.17. The Bertz CT molecular complexity index is 725. The predicted octanol–water partition coefficient (Wildman–Crippen LogP) is 5.64. The zero-order valence-corrected chi connectivity index (χ0v) is 13.2. The molecule has 1 N–H and O–H groups in total. The minimum Gasteiger partial charge on any atom is -0.378 e. The SMILES string of the molecule is CC(Nc1cccc(-c2nccs2)c1)c1ccccc1Cl. The Labute approximate surface area is 133 Å². The van der Waals surface area contributed by atoms with Gasteiger partial charge in [0, 0.05) is 33.9 Å². The number of benzene rings is 2. The summed E-state index contributed by atoms with van der Waals surface area (Å²) in [6, 6.07) is 16.4. The van der Waals surface area contributed by atoms with Gasteiger partial charge in [-0.05, 0) is 30.7 Å². The number of halogens is 1. The van der Waals surface area contributed by atoms with E-state index in [2.05, 4.69) is 35.4 Å². The van der Waals surface area contributed by atoms with Crippen molar-refractivity contribution in [1.29, 1.82) is 0 Å². The molecule has 0 aliphatic carbocycles. The molecular formula is C17H15ClN2S. The van der Waals surface area contributed by atoms with Crippen LogP contribution in [0.25, 0.3) is 10.6 Å². The Morgan fingerprint density at radius 1 is 1.14 bits per heavy atom. The van der Waals surface area contributed by atoms with Gasteiger partial charge in [0.25, 0.3) is 0 Å². The molecule has 0 spiro atoms. The zero-order valence-electron chi connectivity index (χ0n) is 11.6. The lowest BCUT2D eigenvalue weighted by Crippen LogP contribution is -2.07.